The van der Waals surface area contributed by atoms with Gasteiger partial charge in [0.1, 0.15) is 5.82 Å². The van der Waals surface area contributed by atoms with Crippen LogP contribution in [0.5, 0.6) is 0 Å². The molecule has 0 saturated heterocycles. The molecule has 0 spiro atoms. The number of aliphatic hydroxyl groups excluding tert-OH is 1. The lowest BCUT2D eigenvalue weighted by Crippen LogP contribution is -2.20. The van der Waals surface area contributed by atoms with Gasteiger partial charge in [-0.05, 0) is 13.0 Å². The van der Waals surface area contributed by atoms with Crippen molar-refractivity contribution in [2.45, 2.75) is 13.0 Å². The number of anilines is 1. The van der Waals surface area contributed by atoms with Crippen LogP contribution in [0, 0.1) is 0 Å². The summed E-state index contributed by atoms with van der Waals surface area (Å²) in [6.45, 7) is 6.13. The molecule has 0 saturated carbocycles. The highest BCUT2D eigenvalue weighted by atomic mass is 16.3. The first-order valence-corrected chi connectivity index (χ1v) is 4.61. The van der Waals surface area contributed by atoms with Gasteiger partial charge in [0, 0.05) is 25.4 Å². The van der Waals surface area contributed by atoms with E-state index in [0.717, 1.165) is 17.9 Å². The maximum Gasteiger partial charge on any atom is 0.134 e. The molecular formula is C11H16N2O. The maximum absolute atomic E-state index is 9.53. The predicted molar refractivity (Wildman–Crippen MR) is 58.3 cm³/mol. The Kier molecular flexibility index (Phi) is 3.65. The summed E-state index contributed by atoms with van der Waals surface area (Å²) in [5.74, 6) is 0.808. The highest BCUT2D eigenvalue weighted by Gasteiger charge is 2.10. The van der Waals surface area contributed by atoms with E-state index in [1.54, 1.807) is 19.2 Å². The Morgan fingerprint density at radius 3 is 3.00 bits per heavy atom. The number of aliphatic hydroxyl groups is 1. The number of pyridine rings is 1. The summed E-state index contributed by atoms with van der Waals surface area (Å²) in [4.78, 5) is 6.19. The van der Waals surface area contributed by atoms with Crippen LogP contribution in [0.3, 0.4) is 0 Å². The summed E-state index contributed by atoms with van der Waals surface area (Å²) in [7, 11) is 1.93. The molecule has 1 heterocycles. The summed E-state index contributed by atoms with van der Waals surface area (Å²) in [6, 6.07) is 3.71. The van der Waals surface area contributed by atoms with Crippen molar-refractivity contribution >= 4 is 5.82 Å². The van der Waals surface area contributed by atoms with Crippen LogP contribution in [0.15, 0.2) is 31.0 Å². The van der Waals surface area contributed by atoms with Crippen molar-refractivity contribution in [3.05, 3.63) is 36.5 Å². The van der Waals surface area contributed by atoms with E-state index in [0.29, 0.717) is 0 Å². The first-order chi connectivity index (χ1) is 6.66. The third kappa shape index (κ3) is 2.33. The monoisotopic (exact) mass is 192 g/mol. The van der Waals surface area contributed by atoms with Gasteiger partial charge in [-0.15, -0.1) is 6.58 Å². The number of hydrogen-bond donors (Lipinski definition) is 1. The van der Waals surface area contributed by atoms with E-state index in [1.807, 2.05) is 24.1 Å². The number of aromatic nitrogens is 1. The highest BCUT2D eigenvalue weighted by molar-refractivity contribution is 5.47. The molecule has 1 rings (SSSR count). The van der Waals surface area contributed by atoms with Crippen molar-refractivity contribution in [3.8, 4) is 0 Å². The van der Waals surface area contributed by atoms with Gasteiger partial charge in [0.2, 0.25) is 0 Å². The van der Waals surface area contributed by atoms with Gasteiger partial charge in [0.25, 0.3) is 0 Å². The Balaban J connectivity index is 2.99. The zero-order valence-electron chi connectivity index (χ0n) is 8.64. The standard InChI is InChI=1S/C11H16N2O/c1-4-8-13(3)11-10(9(2)14)6-5-7-12-11/h4-7,9,14H,1,8H2,2-3H3/t9-/m1/s1. The summed E-state index contributed by atoms with van der Waals surface area (Å²) >= 11 is 0. The van der Waals surface area contributed by atoms with Gasteiger partial charge >= 0.3 is 0 Å². The van der Waals surface area contributed by atoms with E-state index in [1.165, 1.54) is 0 Å². The second kappa shape index (κ2) is 4.77. The minimum atomic E-state index is -0.494. The van der Waals surface area contributed by atoms with E-state index in [-0.39, 0.29) is 0 Å². The van der Waals surface area contributed by atoms with Crippen molar-refractivity contribution in [1.82, 2.24) is 4.98 Å². The number of rotatable bonds is 4. The smallest absolute Gasteiger partial charge is 0.134 e. The van der Waals surface area contributed by atoms with Crippen LogP contribution in [0.25, 0.3) is 0 Å². The fraction of sp³-hybridized carbons (Fsp3) is 0.364. The first kappa shape index (κ1) is 10.7. The lowest BCUT2D eigenvalue weighted by molar-refractivity contribution is 0.199. The van der Waals surface area contributed by atoms with Crippen LogP contribution in [-0.2, 0) is 0 Å². The molecule has 0 amide bonds. The predicted octanol–water partition coefficient (Wildman–Crippen LogP) is 1.76. The van der Waals surface area contributed by atoms with Gasteiger partial charge in [0.15, 0.2) is 0 Å². The van der Waals surface area contributed by atoms with Gasteiger partial charge < -0.3 is 10.0 Å². The molecule has 0 radical (unpaired) electrons. The van der Waals surface area contributed by atoms with Crippen molar-refractivity contribution in [3.63, 3.8) is 0 Å². The molecule has 0 aromatic carbocycles. The lowest BCUT2D eigenvalue weighted by atomic mass is 10.1. The van der Waals surface area contributed by atoms with Crippen LogP contribution in [-0.4, -0.2) is 23.7 Å². The molecule has 76 valence electrons. The zero-order valence-corrected chi connectivity index (χ0v) is 8.64. The minimum absolute atomic E-state index is 0.494. The second-order valence-electron chi connectivity index (χ2n) is 3.26. The average Bonchev–Trinajstić information content (AvgIpc) is 2.18. The SMILES string of the molecule is C=CCN(C)c1ncccc1[C@@H](C)O. The molecule has 0 aliphatic heterocycles. The molecule has 1 N–H and O–H groups in total. The Bertz CT molecular complexity index is 310. The summed E-state index contributed by atoms with van der Waals surface area (Å²) in [5.41, 5.74) is 0.844. The highest BCUT2D eigenvalue weighted by Crippen LogP contribution is 2.22. The molecule has 0 unspecified atom stereocenters. The molecular weight excluding hydrogens is 176 g/mol. The fourth-order valence-corrected chi connectivity index (χ4v) is 1.33. The quantitative estimate of drug-likeness (QED) is 0.738. The number of likely N-dealkylation sites (N-methyl/N-ethyl adjacent to an activating group) is 1. The van der Waals surface area contributed by atoms with Crippen LogP contribution < -0.4 is 4.90 Å². The Hall–Kier alpha value is -1.35. The number of hydrogen-bond acceptors (Lipinski definition) is 3. The van der Waals surface area contributed by atoms with Gasteiger partial charge in [0.05, 0.1) is 6.10 Å². The topological polar surface area (TPSA) is 36.4 Å². The van der Waals surface area contributed by atoms with Crippen molar-refractivity contribution < 1.29 is 5.11 Å². The maximum atomic E-state index is 9.53. The van der Waals surface area contributed by atoms with Gasteiger partial charge in [-0.3, -0.25) is 0 Å². The molecule has 3 nitrogen and oxygen atoms in total. The lowest BCUT2D eigenvalue weighted by Gasteiger charge is -2.20. The van der Waals surface area contributed by atoms with E-state index >= 15 is 0 Å². The molecule has 1 aromatic heterocycles. The van der Waals surface area contributed by atoms with Crippen LogP contribution in [0.4, 0.5) is 5.82 Å². The van der Waals surface area contributed by atoms with Crippen molar-refractivity contribution in [2.24, 2.45) is 0 Å². The summed E-state index contributed by atoms with van der Waals surface area (Å²) in [6.07, 6.45) is 3.03. The molecule has 1 aromatic rings. The largest absolute Gasteiger partial charge is 0.389 e. The van der Waals surface area contributed by atoms with Crippen LogP contribution in [0.2, 0.25) is 0 Å². The molecule has 0 aliphatic rings. The molecule has 0 aliphatic carbocycles. The van der Waals surface area contributed by atoms with Crippen molar-refractivity contribution in [1.29, 1.82) is 0 Å². The van der Waals surface area contributed by atoms with Crippen LogP contribution >= 0.6 is 0 Å². The van der Waals surface area contributed by atoms with Gasteiger partial charge in [-0.1, -0.05) is 12.1 Å². The third-order valence-electron chi connectivity index (χ3n) is 2.03. The Morgan fingerprint density at radius 1 is 1.71 bits per heavy atom. The van der Waals surface area contributed by atoms with Crippen molar-refractivity contribution in [2.75, 3.05) is 18.5 Å². The summed E-state index contributed by atoms with van der Waals surface area (Å²) in [5, 5.41) is 9.53. The van der Waals surface area contributed by atoms with Gasteiger partial charge in [-0.25, -0.2) is 4.98 Å². The molecule has 3 heteroatoms. The third-order valence-corrected chi connectivity index (χ3v) is 2.03. The second-order valence-corrected chi connectivity index (χ2v) is 3.26. The number of nitrogens with zero attached hydrogens (tertiary/aromatic N) is 2. The van der Waals surface area contributed by atoms with E-state index in [9.17, 15) is 5.11 Å². The van der Waals surface area contributed by atoms with Crippen LogP contribution in [0.1, 0.15) is 18.6 Å². The Labute approximate surface area is 84.7 Å². The molecule has 1 atom stereocenters. The Morgan fingerprint density at radius 2 is 2.43 bits per heavy atom. The first-order valence-electron chi connectivity index (χ1n) is 4.61. The minimum Gasteiger partial charge on any atom is -0.389 e. The molecule has 0 fully saturated rings. The van der Waals surface area contributed by atoms with E-state index < -0.39 is 6.10 Å². The molecule has 0 bridgehead atoms. The summed E-state index contributed by atoms with van der Waals surface area (Å²) < 4.78 is 0. The normalized spacial score (nSPS) is 12.2. The van der Waals surface area contributed by atoms with Gasteiger partial charge in [-0.2, -0.15) is 0 Å². The zero-order chi connectivity index (χ0) is 10.6. The molecule has 14 heavy (non-hydrogen) atoms. The average molecular weight is 192 g/mol. The van der Waals surface area contributed by atoms with E-state index in [2.05, 4.69) is 11.6 Å². The van der Waals surface area contributed by atoms with E-state index in [4.69, 9.17) is 0 Å². The fourth-order valence-electron chi connectivity index (χ4n) is 1.33.